The summed E-state index contributed by atoms with van der Waals surface area (Å²) in [6.45, 7) is 3.02. The first-order valence-corrected chi connectivity index (χ1v) is 6.08. The van der Waals surface area contributed by atoms with Gasteiger partial charge in [-0.1, -0.05) is 24.3 Å². The van der Waals surface area contributed by atoms with E-state index >= 15 is 0 Å². The minimum atomic E-state index is -0.874. The maximum Gasteiger partial charge on any atom is 0.205 e. The molecule has 1 aromatic carbocycles. The van der Waals surface area contributed by atoms with Gasteiger partial charge < -0.3 is 4.74 Å². The number of ketones is 3. The number of carbonyl (C=O) groups is 3. The van der Waals surface area contributed by atoms with E-state index in [1.807, 2.05) is 0 Å². The molecule has 96 valence electrons. The van der Waals surface area contributed by atoms with Crippen LogP contribution in [0.3, 0.4) is 0 Å². The Morgan fingerprint density at radius 3 is 2.26 bits per heavy atom. The fourth-order valence-electron chi connectivity index (χ4n) is 2.87. The molecule has 0 radical (unpaired) electrons. The van der Waals surface area contributed by atoms with E-state index in [-0.39, 0.29) is 17.3 Å². The van der Waals surface area contributed by atoms with Gasteiger partial charge in [0.2, 0.25) is 5.78 Å². The fourth-order valence-corrected chi connectivity index (χ4v) is 2.87. The summed E-state index contributed by atoms with van der Waals surface area (Å²) in [5, 5.41) is 0. The summed E-state index contributed by atoms with van der Waals surface area (Å²) in [5.74, 6) is -1.04. The van der Waals surface area contributed by atoms with E-state index in [0.29, 0.717) is 22.5 Å². The molecule has 1 aromatic rings. The number of benzene rings is 1. The van der Waals surface area contributed by atoms with Crippen molar-refractivity contribution in [2.24, 2.45) is 5.92 Å². The van der Waals surface area contributed by atoms with Crippen molar-refractivity contribution in [1.29, 1.82) is 0 Å². The molecule has 4 heteroatoms. The summed E-state index contributed by atoms with van der Waals surface area (Å²) in [7, 11) is 0. The quantitative estimate of drug-likeness (QED) is 0.770. The van der Waals surface area contributed by atoms with E-state index in [9.17, 15) is 14.4 Å². The van der Waals surface area contributed by atoms with E-state index in [4.69, 9.17) is 4.74 Å². The Morgan fingerprint density at radius 2 is 1.68 bits per heavy atom. The van der Waals surface area contributed by atoms with Crippen LogP contribution in [0.2, 0.25) is 0 Å². The summed E-state index contributed by atoms with van der Waals surface area (Å²) < 4.78 is 5.47. The molecule has 0 saturated carbocycles. The maximum absolute atomic E-state index is 12.5. The summed E-state index contributed by atoms with van der Waals surface area (Å²) in [6, 6.07) is 6.67. The number of hydrogen-bond donors (Lipinski definition) is 0. The molecule has 1 heterocycles. The van der Waals surface area contributed by atoms with Gasteiger partial charge in [0.25, 0.3) is 0 Å². The second kappa shape index (κ2) is 3.88. The van der Waals surface area contributed by atoms with Crippen LogP contribution in [0.25, 0.3) is 0 Å². The van der Waals surface area contributed by atoms with Crippen molar-refractivity contribution in [3.05, 3.63) is 46.7 Å². The molecule has 0 bridgehead atoms. The average molecular weight is 256 g/mol. The van der Waals surface area contributed by atoms with Gasteiger partial charge in [-0.3, -0.25) is 14.4 Å². The van der Waals surface area contributed by atoms with Crippen LogP contribution >= 0.6 is 0 Å². The van der Waals surface area contributed by atoms with Crippen LogP contribution < -0.4 is 0 Å². The Kier molecular flexibility index (Phi) is 2.42. The molecule has 2 atom stereocenters. The van der Waals surface area contributed by atoms with Crippen molar-refractivity contribution in [1.82, 2.24) is 0 Å². The lowest BCUT2D eigenvalue weighted by atomic mass is 9.76. The minimum Gasteiger partial charge on any atom is -0.485 e. The predicted molar refractivity (Wildman–Crippen MR) is 66.8 cm³/mol. The van der Waals surface area contributed by atoms with E-state index in [0.717, 1.165) is 0 Å². The van der Waals surface area contributed by atoms with Crippen molar-refractivity contribution in [2.45, 2.75) is 20.0 Å². The number of hydrogen-bond acceptors (Lipinski definition) is 4. The topological polar surface area (TPSA) is 60.4 Å². The van der Waals surface area contributed by atoms with Crippen LogP contribution in [0.4, 0.5) is 0 Å². The zero-order valence-electron chi connectivity index (χ0n) is 10.6. The van der Waals surface area contributed by atoms with Gasteiger partial charge in [0.15, 0.2) is 17.7 Å². The molecule has 0 amide bonds. The predicted octanol–water partition coefficient (Wildman–Crippen LogP) is 1.94. The lowest BCUT2D eigenvalue weighted by Gasteiger charge is -2.25. The molecule has 2 aliphatic rings. The number of carbonyl (C=O) groups excluding carboxylic acids is 3. The summed E-state index contributed by atoms with van der Waals surface area (Å²) >= 11 is 0. The lowest BCUT2D eigenvalue weighted by Crippen LogP contribution is -2.40. The Labute approximate surface area is 110 Å². The number of allylic oxidation sites excluding steroid dienone is 1. The van der Waals surface area contributed by atoms with Crippen LogP contribution in [-0.4, -0.2) is 23.5 Å². The van der Waals surface area contributed by atoms with Crippen molar-refractivity contribution in [2.75, 3.05) is 0 Å². The smallest absolute Gasteiger partial charge is 0.205 e. The van der Waals surface area contributed by atoms with Crippen molar-refractivity contribution >= 4 is 17.3 Å². The number of fused-ring (bicyclic) bond motifs is 2. The highest BCUT2D eigenvalue weighted by Crippen LogP contribution is 2.39. The number of ether oxygens (including phenoxy) is 1. The van der Waals surface area contributed by atoms with Crippen LogP contribution in [0.15, 0.2) is 35.6 Å². The number of rotatable bonds is 1. The minimum absolute atomic E-state index is 0.206. The highest BCUT2D eigenvalue weighted by molar-refractivity contribution is 6.21. The molecule has 0 spiro atoms. The average Bonchev–Trinajstić information content (AvgIpc) is 2.74. The fraction of sp³-hybridized carbons (Fsp3) is 0.267. The lowest BCUT2D eigenvalue weighted by molar-refractivity contribution is -0.114. The van der Waals surface area contributed by atoms with Gasteiger partial charge >= 0.3 is 0 Å². The second-order valence-electron chi connectivity index (χ2n) is 4.82. The zero-order chi connectivity index (χ0) is 13.7. The molecule has 0 aromatic heterocycles. The van der Waals surface area contributed by atoms with Crippen molar-refractivity contribution in [3.63, 3.8) is 0 Å². The normalized spacial score (nSPS) is 24.9. The second-order valence-corrected chi connectivity index (χ2v) is 4.82. The first kappa shape index (κ1) is 11.8. The van der Waals surface area contributed by atoms with Gasteiger partial charge in [-0.15, -0.1) is 0 Å². The third-order valence-corrected chi connectivity index (χ3v) is 3.67. The van der Waals surface area contributed by atoms with Gasteiger partial charge in [-0.2, -0.15) is 0 Å². The van der Waals surface area contributed by atoms with Crippen LogP contribution in [-0.2, 0) is 9.53 Å². The third-order valence-electron chi connectivity index (χ3n) is 3.67. The van der Waals surface area contributed by atoms with Gasteiger partial charge in [0.05, 0.1) is 5.92 Å². The van der Waals surface area contributed by atoms with Gasteiger partial charge in [0.1, 0.15) is 5.76 Å². The van der Waals surface area contributed by atoms with Crippen LogP contribution in [0.5, 0.6) is 0 Å². The van der Waals surface area contributed by atoms with Gasteiger partial charge in [-0.05, 0) is 13.8 Å². The highest BCUT2D eigenvalue weighted by Gasteiger charge is 2.50. The molecule has 3 rings (SSSR count). The number of Topliss-reactive ketones (excluding diaryl/α,β-unsaturated/α-hetero) is 3. The third kappa shape index (κ3) is 1.49. The van der Waals surface area contributed by atoms with Gasteiger partial charge in [-0.25, -0.2) is 0 Å². The zero-order valence-corrected chi connectivity index (χ0v) is 10.6. The first-order valence-electron chi connectivity index (χ1n) is 6.08. The largest absolute Gasteiger partial charge is 0.485 e. The van der Waals surface area contributed by atoms with E-state index in [1.165, 1.54) is 6.92 Å². The summed E-state index contributed by atoms with van der Waals surface area (Å²) in [6.07, 6.45) is -0.874. The summed E-state index contributed by atoms with van der Waals surface area (Å²) in [4.78, 5) is 36.5. The molecule has 4 nitrogen and oxygen atoms in total. The Balaban J connectivity index is 2.18. The van der Waals surface area contributed by atoms with Crippen molar-refractivity contribution < 1.29 is 19.1 Å². The Hall–Kier alpha value is -2.23. The van der Waals surface area contributed by atoms with E-state index in [2.05, 4.69) is 0 Å². The van der Waals surface area contributed by atoms with Gasteiger partial charge in [0, 0.05) is 16.7 Å². The molecule has 1 aliphatic heterocycles. The maximum atomic E-state index is 12.5. The molecular formula is C15H12O4. The molecule has 0 N–H and O–H groups in total. The molecule has 0 fully saturated rings. The van der Waals surface area contributed by atoms with Crippen molar-refractivity contribution in [3.8, 4) is 0 Å². The van der Waals surface area contributed by atoms with E-state index in [1.54, 1.807) is 31.2 Å². The highest BCUT2D eigenvalue weighted by atomic mass is 16.5. The monoisotopic (exact) mass is 256 g/mol. The molecular weight excluding hydrogens is 244 g/mol. The van der Waals surface area contributed by atoms with Crippen LogP contribution in [0.1, 0.15) is 34.6 Å². The Bertz CT molecular complexity index is 654. The molecule has 0 saturated heterocycles. The first-order chi connectivity index (χ1) is 9.02. The standard InChI is InChI=1S/C15H12O4/c1-7(16)11-8(2)19-15-12(11)13(17)9-5-3-4-6-10(9)14(15)18/h3-6,12,15H,1-2H3/t12-,15+/m1/s1. The molecule has 19 heavy (non-hydrogen) atoms. The molecule has 0 unspecified atom stereocenters. The molecule has 1 aliphatic carbocycles. The Morgan fingerprint density at radius 1 is 1.11 bits per heavy atom. The summed E-state index contributed by atoms with van der Waals surface area (Å²) in [5.41, 5.74) is 1.09. The SMILES string of the molecule is CC(=O)C1=C(C)O[C@@H]2C(=O)c3ccccc3C(=O)[C@@H]12. The van der Waals surface area contributed by atoms with Crippen LogP contribution in [0, 0.1) is 5.92 Å². The van der Waals surface area contributed by atoms with E-state index < -0.39 is 12.0 Å².